The van der Waals surface area contributed by atoms with E-state index >= 15 is 0 Å². The van der Waals surface area contributed by atoms with Crippen LogP contribution in [0.3, 0.4) is 0 Å². The maximum Gasteiger partial charge on any atom is 0.257 e. The third-order valence-corrected chi connectivity index (χ3v) is 6.49. The zero-order valence-corrected chi connectivity index (χ0v) is 18.9. The Labute approximate surface area is 194 Å². The molecule has 2 fully saturated rings. The van der Waals surface area contributed by atoms with Crippen molar-refractivity contribution >= 4 is 11.9 Å². The zero-order valence-electron chi connectivity index (χ0n) is 18.9. The predicted octanol–water partition coefficient (Wildman–Crippen LogP) is 1.87. The summed E-state index contributed by atoms with van der Waals surface area (Å²) in [6, 6.07) is 10.1. The highest BCUT2D eigenvalue weighted by Gasteiger charge is 2.45. The van der Waals surface area contributed by atoms with E-state index in [9.17, 15) is 4.79 Å². The van der Waals surface area contributed by atoms with Crippen LogP contribution < -0.4 is 4.90 Å². The van der Waals surface area contributed by atoms with Crippen molar-refractivity contribution in [2.75, 3.05) is 57.4 Å². The molecular formula is C25H31N5O3. The lowest BCUT2D eigenvalue weighted by molar-refractivity contribution is -0.170. The fraction of sp³-hybridized carbons (Fsp3) is 0.480. The number of morpholine rings is 2. The van der Waals surface area contributed by atoms with Crippen molar-refractivity contribution in [3.8, 4) is 0 Å². The molecule has 33 heavy (non-hydrogen) atoms. The first-order valence-electron chi connectivity index (χ1n) is 11.7. The van der Waals surface area contributed by atoms with Crippen LogP contribution in [0.5, 0.6) is 0 Å². The highest BCUT2D eigenvalue weighted by Crippen LogP contribution is 2.29. The van der Waals surface area contributed by atoms with Gasteiger partial charge in [0.05, 0.1) is 19.8 Å². The molecule has 1 unspecified atom stereocenters. The molecular weight excluding hydrogens is 418 g/mol. The van der Waals surface area contributed by atoms with Gasteiger partial charge in [0.15, 0.2) is 5.60 Å². The van der Waals surface area contributed by atoms with Crippen LogP contribution >= 0.6 is 0 Å². The van der Waals surface area contributed by atoms with Crippen LogP contribution in [0.2, 0.25) is 0 Å². The van der Waals surface area contributed by atoms with Gasteiger partial charge >= 0.3 is 0 Å². The zero-order chi connectivity index (χ0) is 22.5. The monoisotopic (exact) mass is 449 g/mol. The number of amides is 1. The summed E-state index contributed by atoms with van der Waals surface area (Å²) in [6.45, 7) is 6.84. The molecule has 0 bridgehead atoms. The number of hydrogen-bond acceptors (Lipinski definition) is 7. The molecule has 1 amide bonds. The van der Waals surface area contributed by atoms with Crippen molar-refractivity contribution in [1.82, 2.24) is 19.8 Å². The van der Waals surface area contributed by atoms with Crippen LogP contribution in [-0.4, -0.2) is 83.8 Å². The molecule has 1 spiro atoms. The third kappa shape index (κ3) is 5.08. The van der Waals surface area contributed by atoms with E-state index in [0.29, 0.717) is 52.4 Å². The van der Waals surface area contributed by atoms with Crippen LogP contribution in [0.1, 0.15) is 17.5 Å². The molecule has 2 aromatic rings. The topological polar surface area (TPSA) is 71.0 Å². The number of anilines is 1. The molecule has 4 heterocycles. The standard InChI is InChI=1S/C25H31N5O3/c31-23-25(8-4-5-9-30(23)19-21-6-2-1-3-7-21)20-28(10-15-33-25)18-22-16-26-24(27-17-22)29-11-13-32-14-12-29/h1-7,16-17H,8-15,18-20H2. The Morgan fingerprint density at radius 1 is 0.909 bits per heavy atom. The minimum Gasteiger partial charge on any atom is -0.378 e. The van der Waals surface area contributed by atoms with E-state index in [4.69, 9.17) is 9.47 Å². The van der Waals surface area contributed by atoms with Crippen LogP contribution in [0.15, 0.2) is 54.9 Å². The largest absolute Gasteiger partial charge is 0.378 e. The second-order valence-electron chi connectivity index (χ2n) is 8.89. The van der Waals surface area contributed by atoms with Crippen LogP contribution in [0, 0.1) is 0 Å². The lowest BCUT2D eigenvalue weighted by atomic mass is 9.95. The number of nitrogens with zero attached hydrogens (tertiary/aromatic N) is 5. The van der Waals surface area contributed by atoms with Crippen molar-refractivity contribution in [2.24, 2.45) is 0 Å². The average Bonchev–Trinajstić information content (AvgIpc) is 3.00. The summed E-state index contributed by atoms with van der Waals surface area (Å²) in [4.78, 5) is 29.1. The summed E-state index contributed by atoms with van der Waals surface area (Å²) in [5, 5.41) is 0. The molecule has 0 radical (unpaired) electrons. The van der Waals surface area contributed by atoms with Gasteiger partial charge in [0.2, 0.25) is 5.95 Å². The van der Waals surface area contributed by atoms with E-state index < -0.39 is 5.60 Å². The lowest BCUT2D eigenvalue weighted by Crippen LogP contribution is -2.59. The first-order valence-corrected chi connectivity index (χ1v) is 11.7. The summed E-state index contributed by atoms with van der Waals surface area (Å²) >= 11 is 0. The van der Waals surface area contributed by atoms with E-state index in [1.807, 2.05) is 35.5 Å². The van der Waals surface area contributed by atoms with Crippen molar-refractivity contribution in [2.45, 2.75) is 25.1 Å². The second-order valence-corrected chi connectivity index (χ2v) is 8.89. The maximum atomic E-state index is 13.6. The van der Waals surface area contributed by atoms with Gasteiger partial charge in [-0.3, -0.25) is 9.69 Å². The highest BCUT2D eigenvalue weighted by atomic mass is 16.5. The van der Waals surface area contributed by atoms with Gasteiger partial charge in [-0.25, -0.2) is 9.97 Å². The predicted molar refractivity (Wildman–Crippen MR) is 125 cm³/mol. The number of carbonyl (C=O) groups excluding carboxylic acids is 1. The Kier molecular flexibility index (Phi) is 6.66. The van der Waals surface area contributed by atoms with Crippen molar-refractivity contribution < 1.29 is 14.3 Å². The molecule has 5 rings (SSSR count). The summed E-state index contributed by atoms with van der Waals surface area (Å²) in [5.41, 5.74) is 1.33. The number of hydrogen-bond donors (Lipinski definition) is 0. The van der Waals surface area contributed by atoms with Crippen LogP contribution in [0.4, 0.5) is 5.95 Å². The molecule has 0 N–H and O–H groups in total. The minimum atomic E-state index is -0.839. The third-order valence-electron chi connectivity index (χ3n) is 6.49. The van der Waals surface area contributed by atoms with E-state index in [-0.39, 0.29) is 5.91 Å². The summed E-state index contributed by atoms with van der Waals surface area (Å²) in [5.74, 6) is 0.820. The summed E-state index contributed by atoms with van der Waals surface area (Å²) < 4.78 is 11.6. The van der Waals surface area contributed by atoms with Gasteiger partial charge in [-0.15, -0.1) is 0 Å². The lowest BCUT2D eigenvalue weighted by Gasteiger charge is -2.42. The Balaban J connectivity index is 1.26. The quantitative estimate of drug-likeness (QED) is 0.646. The Morgan fingerprint density at radius 3 is 2.48 bits per heavy atom. The number of rotatable bonds is 5. The molecule has 0 saturated carbocycles. The van der Waals surface area contributed by atoms with E-state index in [1.165, 1.54) is 0 Å². The molecule has 8 heteroatoms. The minimum absolute atomic E-state index is 0.0694. The normalized spacial score (nSPS) is 24.3. The molecule has 8 nitrogen and oxygen atoms in total. The van der Waals surface area contributed by atoms with Crippen molar-refractivity contribution in [3.05, 3.63) is 66.0 Å². The van der Waals surface area contributed by atoms with Crippen molar-refractivity contribution in [3.63, 3.8) is 0 Å². The Morgan fingerprint density at radius 2 is 1.70 bits per heavy atom. The Hall–Kier alpha value is -2.81. The van der Waals surface area contributed by atoms with E-state index in [0.717, 1.165) is 36.7 Å². The van der Waals surface area contributed by atoms with Crippen molar-refractivity contribution in [1.29, 1.82) is 0 Å². The van der Waals surface area contributed by atoms with Gasteiger partial charge in [0.25, 0.3) is 5.91 Å². The molecule has 1 aromatic carbocycles. The van der Waals surface area contributed by atoms with Gasteiger partial charge in [-0.05, 0) is 5.56 Å². The smallest absolute Gasteiger partial charge is 0.257 e. The molecule has 3 aliphatic rings. The first kappa shape index (κ1) is 22.0. The average molecular weight is 450 g/mol. The fourth-order valence-corrected chi connectivity index (χ4v) is 4.73. The van der Waals surface area contributed by atoms with Gasteiger partial charge in [0, 0.05) is 70.2 Å². The Bertz CT molecular complexity index is 962. The molecule has 2 saturated heterocycles. The molecule has 0 aliphatic carbocycles. The van der Waals surface area contributed by atoms with Gasteiger partial charge in [0.1, 0.15) is 0 Å². The molecule has 174 valence electrons. The molecule has 1 atom stereocenters. The van der Waals surface area contributed by atoms with Gasteiger partial charge < -0.3 is 19.3 Å². The SMILES string of the molecule is O=C1N(Cc2ccccc2)CC=CCC12CN(Cc1cnc(N3CCOCC3)nc1)CCO2. The van der Waals surface area contributed by atoms with Gasteiger partial charge in [-0.1, -0.05) is 42.5 Å². The second kappa shape index (κ2) is 9.99. The summed E-state index contributed by atoms with van der Waals surface area (Å²) in [7, 11) is 0. The first-order chi connectivity index (χ1) is 16.2. The van der Waals surface area contributed by atoms with Crippen LogP contribution in [-0.2, 0) is 27.4 Å². The molecule has 1 aromatic heterocycles. The fourth-order valence-electron chi connectivity index (χ4n) is 4.73. The number of aromatic nitrogens is 2. The highest BCUT2D eigenvalue weighted by molar-refractivity contribution is 5.86. The number of carbonyl (C=O) groups is 1. The van der Waals surface area contributed by atoms with E-state index in [1.54, 1.807) is 0 Å². The van der Waals surface area contributed by atoms with Gasteiger partial charge in [-0.2, -0.15) is 0 Å². The summed E-state index contributed by atoms with van der Waals surface area (Å²) in [6.07, 6.45) is 8.57. The maximum absolute atomic E-state index is 13.6. The number of benzene rings is 1. The van der Waals surface area contributed by atoms with Crippen LogP contribution in [0.25, 0.3) is 0 Å². The molecule has 3 aliphatic heterocycles. The number of ether oxygens (including phenoxy) is 2. The van der Waals surface area contributed by atoms with E-state index in [2.05, 4.69) is 44.1 Å².